The summed E-state index contributed by atoms with van der Waals surface area (Å²) in [5, 5.41) is 12.1. The molecule has 1 aliphatic heterocycles. The fourth-order valence-corrected chi connectivity index (χ4v) is 13.3. The molecule has 0 aliphatic carbocycles. The highest BCUT2D eigenvalue weighted by molar-refractivity contribution is 7.25. The second kappa shape index (κ2) is 17.3. The van der Waals surface area contributed by atoms with Crippen LogP contribution in [0.5, 0.6) is 0 Å². The van der Waals surface area contributed by atoms with Crippen molar-refractivity contribution in [3.05, 3.63) is 192 Å². The normalized spacial score (nSPS) is 13.2. The molecule has 0 atom stereocenters. The van der Waals surface area contributed by atoms with Crippen molar-refractivity contribution in [1.82, 2.24) is 4.57 Å². The lowest BCUT2D eigenvalue weighted by atomic mass is 9.62. The Morgan fingerprint density at radius 3 is 1.68 bits per heavy atom. The van der Waals surface area contributed by atoms with Gasteiger partial charge >= 0.3 is 0 Å². The van der Waals surface area contributed by atoms with E-state index in [0.717, 1.165) is 100 Å². The Hall–Kier alpha value is -8.00. The summed E-state index contributed by atoms with van der Waals surface area (Å²) >= 11 is 1.85. The second-order valence-electron chi connectivity index (χ2n) is 26.2. The van der Waals surface area contributed by atoms with Crippen LogP contribution in [0.3, 0.4) is 0 Å². The Bertz CT molecular complexity index is 4560. The van der Waals surface area contributed by atoms with Gasteiger partial charge in [-0.15, -0.1) is 11.3 Å². The van der Waals surface area contributed by atoms with Crippen molar-refractivity contribution in [2.75, 3.05) is 10.2 Å². The molecule has 5 nitrogen and oxygen atoms in total. The topological polar surface area (TPSA) is 46.5 Å². The lowest BCUT2D eigenvalue weighted by Gasteiger charge is -2.28. The van der Waals surface area contributed by atoms with Crippen molar-refractivity contribution in [1.29, 1.82) is 0 Å². The highest BCUT2D eigenvalue weighted by Crippen LogP contribution is 2.47. The third-order valence-corrected chi connectivity index (χ3v) is 17.8. The Morgan fingerprint density at radius 2 is 1.03 bits per heavy atom. The van der Waals surface area contributed by atoms with Crippen LogP contribution in [0.1, 0.15) is 105 Å². The Morgan fingerprint density at radius 1 is 0.430 bits per heavy atom. The molecular formula is C72H65BN3O2S. The van der Waals surface area contributed by atoms with Gasteiger partial charge in [0, 0.05) is 92.7 Å². The van der Waals surface area contributed by atoms with E-state index in [9.17, 15) is 0 Å². The molecular weight excluding hydrogens is 982 g/mol. The van der Waals surface area contributed by atoms with Crippen molar-refractivity contribution < 1.29 is 8.83 Å². The number of hydrogen-bond donors (Lipinski definition) is 1. The fraction of sp³-hybridized carbons (Fsp3) is 0.222. The molecule has 4 aromatic heterocycles. The minimum atomic E-state index is -0.0499. The minimum Gasteiger partial charge on any atom is -0.469 e. The van der Waals surface area contributed by atoms with E-state index in [2.05, 4.69) is 269 Å². The van der Waals surface area contributed by atoms with Gasteiger partial charge in [-0.3, -0.25) is 0 Å². The predicted molar refractivity (Wildman–Crippen MR) is 340 cm³/mol. The van der Waals surface area contributed by atoms with Crippen LogP contribution in [-0.4, -0.2) is 11.8 Å². The third-order valence-electron chi connectivity index (χ3n) is 16.7. The molecule has 9 aromatic carbocycles. The lowest BCUT2D eigenvalue weighted by Crippen LogP contribution is -2.36. The number of fused-ring (bicyclic) bond motifs is 13. The Labute approximate surface area is 467 Å². The van der Waals surface area contributed by atoms with E-state index in [4.69, 9.17) is 8.83 Å². The van der Waals surface area contributed by atoms with Crippen molar-refractivity contribution >= 4 is 133 Å². The number of benzene rings is 9. The first-order valence-electron chi connectivity index (χ1n) is 27.9. The summed E-state index contributed by atoms with van der Waals surface area (Å²) in [7, 11) is 2.31. The van der Waals surface area contributed by atoms with E-state index in [1.807, 2.05) is 17.4 Å². The number of aromatic nitrogens is 1. The molecule has 14 rings (SSSR count). The van der Waals surface area contributed by atoms with E-state index in [0.29, 0.717) is 0 Å². The van der Waals surface area contributed by atoms with Crippen LogP contribution in [-0.2, 0) is 21.7 Å². The van der Waals surface area contributed by atoms with Crippen LogP contribution >= 0.6 is 11.3 Å². The SMILES string of the molecule is CC(C)(C)c1ccc(Nc2cc3sc4ccc(N(c5ccc(C(C)(C)C)cc5)c5ccc(C(C)(C)C)cc5)cc4c3cc2-c2ccc3c4cc5c(cc4n4c3c2[B]c2oc3ccc(C(C)(C)C)cc3c2-4)oc2ccccc25)cc1. The summed E-state index contributed by atoms with van der Waals surface area (Å²) in [4.78, 5) is 2.42. The van der Waals surface area contributed by atoms with Gasteiger partial charge in [-0.25, -0.2) is 0 Å². The summed E-state index contributed by atoms with van der Waals surface area (Å²) in [5.41, 5.74) is 20.8. The van der Waals surface area contributed by atoms with E-state index >= 15 is 0 Å². The van der Waals surface area contributed by atoms with Gasteiger partial charge in [-0.1, -0.05) is 156 Å². The molecule has 389 valence electrons. The molecule has 79 heavy (non-hydrogen) atoms. The number of furan rings is 2. The van der Waals surface area contributed by atoms with E-state index in [-0.39, 0.29) is 21.7 Å². The van der Waals surface area contributed by atoms with E-state index < -0.39 is 0 Å². The average molecular weight is 1050 g/mol. The van der Waals surface area contributed by atoms with Gasteiger partial charge in [0.25, 0.3) is 0 Å². The minimum absolute atomic E-state index is 0.0334. The van der Waals surface area contributed by atoms with Crippen molar-refractivity contribution in [2.24, 2.45) is 0 Å². The van der Waals surface area contributed by atoms with Crippen LogP contribution in [0.4, 0.5) is 28.4 Å². The van der Waals surface area contributed by atoms with Gasteiger partial charge in [-0.2, -0.15) is 0 Å². The zero-order valence-corrected chi connectivity index (χ0v) is 48.2. The number of rotatable bonds is 6. The second-order valence-corrected chi connectivity index (χ2v) is 27.3. The molecule has 5 heterocycles. The highest BCUT2D eigenvalue weighted by atomic mass is 32.1. The fourth-order valence-electron chi connectivity index (χ4n) is 12.1. The molecule has 0 saturated carbocycles. The molecule has 7 heteroatoms. The van der Waals surface area contributed by atoms with Gasteiger partial charge < -0.3 is 23.6 Å². The number of anilines is 5. The van der Waals surface area contributed by atoms with Gasteiger partial charge in [-0.05, 0) is 146 Å². The molecule has 0 unspecified atom stereocenters. The van der Waals surface area contributed by atoms with Crippen LogP contribution < -0.4 is 21.3 Å². The van der Waals surface area contributed by atoms with E-state index in [1.165, 1.54) is 53.2 Å². The third kappa shape index (κ3) is 8.09. The number of para-hydroxylation sites is 1. The Kier molecular flexibility index (Phi) is 10.8. The molecule has 1 aliphatic rings. The zero-order valence-electron chi connectivity index (χ0n) is 47.4. The smallest absolute Gasteiger partial charge is 0.247 e. The molecule has 1 N–H and O–H groups in total. The number of nitrogens with zero attached hydrogens (tertiary/aromatic N) is 2. The predicted octanol–water partition coefficient (Wildman–Crippen LogP) is 19.8. The first kappa shape index (κ1) is 49.3. The summed E-state index contributed by atoms with van der Waals surface area (Å²) < 4.78 is 18.6. The van der Waals surface area contributed by atoms with Gasteiger partial charge in [0.1, 0.15) is 16.7 Å². The summed E-state index contributed by atoms with van der Waals surface area (Å²) in [6.07, 6.45) is 0. The van der Waals surface area contributed by atoms with Crippen LogP contribution in [0, 0.1) is 0 Å². The molecule has 0 saturated heterocycles. The van der Waals surface area contributed by atoms with Crippen LogP contribution in [0.15, 0.2) is 179 Å². The summed E-state index contributed by atoms with van der Waals surface area (Å²) in [6, 6.07) is 63.6. The molecule has 0 amide bonds. The van der Waals surface area contributed by atoms with Crippen LogP contribution in [0.25, 0.3) is 91.7 Å². The van der Waals surface area contributed by atoms with E-state index in [1.54, 1.807) is 0 Å². The Balaban J connectivity index is 1.01. The number of nitrogens with one attached hydrogen (secondary N) is 1. The first-order valence-corrected chi connectivity index (χ1v) is 28.7. The maximum Gasteiger partial charge on any atom is 0.247 e. The quantitative estimate of drug-likeness (QED) is 0.169. The largest absolute Gasteiger partial charge is 0.469 e. The lowest BCUT2D eigenvalue weighted by molar-refractivity contribution is 0.590. The highest BCUT2D eigenvalue weighted by Gasteiger charge is 2.33. The van der Waals surface area contributed by atoms with Gasteiger partial charge in [0.05, 0.1) is 16.9 Å². The van der Waals surface area contributed by atoms with Gasteiger partial charge in [0.2, 0.25) is 7.28 Å². The first-order chi connectivity index (χ1) is 37.6. The molecule has 13 aromatic rings. The number of thiophene rings is 1. The van der Waals surface area contributed by atoms with Gasteiger partial charge in [0.15, 0.2) is 0 Å². The molecule has 0 fully saturated rings. The molecule has 0 bridgehead atoms. The maximum atomic E-state index is 7.01. The summed E-state index contributed by atoms with van der Waals surface area (Å²) in [5.74, 6) is 0. The van der Waals surface area contributed by atoms with Crippen LogP contribution in [0.2, 0.25) is 0 Å². The maximum absolute atomic E-state index is 7.01. The van der Waals surface area contributed by atoms with Crippen molar-refractivity contribution in [3.63, 3.8) is 0 Å². The van der Waals surface area contributed by atoms with Crippen molar-refractivity contribution in [2.45, 2.75) is 105 Å². The molecule has 1 radical (unpaired) electrons. The summed E-state index contributed by atoms with van der Waals surface area (Å²) in [6.45, 7) is 27.3. The average Bonchev–Trinajstić information content (AvgIpc) is 4.38. The van der Waals surface area contributed by atoms with Crippen molar-refractivity contribution in [3.8, 4) is 16.8 Å². The standard InChI is InChI=1S/C72H65BN3O2S/c1-69(2,3)41-17-24-45(25-18-41)74-58-39-64-56(55-36-48(30-34-63(55)79-64)75(46-26-19-42(20-27-46)70(4,5)6)47-28-21-43(22-29-47)71(7,8)9)37-52(58)50-31-32-51-53-38-54-49-15-13-14-16-60(49)77-62(54)40-59(53)76-66(51)65(50)73-68-67(76)57-35-44(72(10,11)12)23-33-61(57)78-68/h13-40,74H,1-12H3. The zero-order chi connectivity index (χ0) is 54.7. The number of hydrogen-bond acceptors (Lipinski definition) is 5. The molecule has 0 spiro atoms. The monoisotopic (exact) mass is 1050 g/mol.